The predicted octanol–water partition coefficient (Wildman–Crippen LogP) is 6.45. The van der Waals surface area contributed by atoms with Crippen molar-refractivity contribution in [2.45, 2.75) is 107 Å². The van der Waals surface area contributed by atoms with Gasteiger partial charge >= 0.3 is 0 Å². The Morgan fingerprint density at radius 2 is 1.28 bits per heavy atom. The van der Waals surface area contributed by atoms with Crippen molar-refractivity contribution >= 4 is 25.3 Å². The summed E-state index contributed by atoms with van der Waals surface area (Å²) >= 11 is 1.23. The van der Waals surface area contributed by atoms with Crippen molar-refractivity contribution in [3.63, 3.8) is 0 Å². The summed E-state index contributed by atoms with van der Waals surface area (Å²) in [6.07, 6.45) is 0.823. The van der Waals surface area contributed by atoms with Gasteiger partial charge in [0.2, 0.25) is 5.12 Å². The lowest BCUT2D eigenvalue weighted by molar-refractivity contribution is -0.108. The second-order valence-corrected chi connectivity index (χ2v) is 11.2. The molecule has 0 saturated heterocycles. The van der Waals surface area contributed by atoms with Crippen LogP contribution in [0.2, 0.25) is 0 Å². The smallest absolute Gasteiger partial charge is 0.217 e. The molecule has 0 heterocycles. The van der Waals surface area contributed by atoms with Crippen LogP contribution >= 0.6 is 20.2 Å². The molecule has 0 N–H and O–H groups in total. The van der Waals surface area contributed by atoms with E-state index in [4.69, 9.17) is 9.26 Å². The number of carbonyl (C=O) groups excluding carboxylic acids is 1. The molecule has 0 amide bonds. The Morgan fingerprint density at radius 1 is 0.828 bits per heavy atom. The highest BCUT2D eigenvalue weighted by molar-refractivity contribution is 8.14. The summed E-state index contributed by atoms with van der Waals surface area (Å²) in [4.78, 5) is 12.0. The third-order valence-electron chi connectivity index (χ3n) is 4.48. The van der Waals surface area contributed by atoms with Crippen LogP contribution < -0.4 is 0 Å². The van der Waals surface area contributed by atoms with Crippen LogP contribution in [0, 0.1) is 0 Å². The molecule has 5 nitrogen and oxygen atoms in total. The van der Waals surface area contributed by atoms with Crippen LogP contribution in [-0.4, -0.2) is 57.8 Å². The summed E-state index contributed by atoms with van der Waals surface area (Å²) in [7, 11) is -0.850. The average molecular weight is 449 g/mol. The SMILES string of the molecule is CC(C)=C(C)C(=O)SCOCCCOP(N(C(C)C)C(C)C)N(C(C)C)C(C)C. The van der Waals surface area contributed by atoms with Crippen molar-refractivity contribution in [3.8, 4) is 0 Å². The monoisotopic (exact) mass is 448 g/mol. The van der Waals surface area contributed by atoms with Crippen LogP contribution in [0.5, 0.6) is 0 Å². The first-order valence-corrected chi connectivity index (χ1v) is 12.9. The zero-order chi connectivity index (χ0) is 22.7. The molecule has 0 aromatic heterocycles. The first kappa shape index (κ1) is 29.0. The van der Waals surface area contributed by atoms with Crippen LogP contribution in [0.3, 0.4) is 0 Å². The van der Waals surface area contributed by atoms with Gasteiger partial charge in [-0.05, 0) is 82.6 Å². The minimum atomic E-state index is -0.850. The second-order valence-electron chi connectivity index (χ2n) is 8.66. The molecule has 0 unspecified atom stereocenters. The quantitative estimate of drug-likeness (QED) is 0.132. The summed E-state index contributed by atoms with van der Waals surface area (Å²) in [6, 6.07) is 1.66. The maximum atomic E-state index is 12.0. The Labute approximate surface area is 185 Å². The summed E-state index contributed by atoms with van der Waals surface area (Å²) < 4.78 is 17.1. The van der Waals surface area contributed by atoms with Gasteiger partial charge in [-0.15, -0.1) is 0 Å². The normalized spacial score (nSPS) is 12.5. The number of hydrogen-bond donors (Lipinski definition) is 0. The molecular formula is C22H45N2O3PS. The average Bonchev–Trinajstić information content (AvgIpc) is 2.58. The number of carbonyl (C=O) groups is 1. The highest BCUT2D eigenvalue weighted by Gasteiger charge is 2.34. The molecule has 0 aromatic carbocycles. The number of ether oxygens (including phenoxy) is 1. The van der Waals surface area contributed by atoms with Gasteiger partial charge in [-0.3, -0.25) is 4.79 Å². The molecule has 0 rings (SSSR count). The lowest BCUT2D eigenvalue weighted by Gasteiger charge is -2.45. The zero-order valence-electron chi connectivity index (χ0n) is 20.6. The number of allylic oxidation sites excluding steroid dienone is 1. The molecule has 0 radical (unpaired) electrons. The molecule has 0 spiro atoms. The maximum Gasteiger partial charge on any atom is 0.217 e. The van der Waals surface area contributed by atoms with Gasteiger partial charge in [0.15, 0.2) is 8.45 Å². The Kier molecular flexibility index (Phi) is 15.0. The summed E-state index contributed by atoms with van der Waals surface area (Å²) in [6.45, 7) is 25.0. The molecule has 0 fully saturated rings. The molecule has 0 bridgehead atoms. The van der Waals surface area contributed by atoms with Crippen LogP contribution in [-0.2, 0) is 14.1 Å². The Morgan fingerprint density at radius 3 is 1.66 bits per heavy atom. The molecule has 0 saturated carbocycles. The van der Waals surface area contributed by atoms with E-state index in [0.29, 0.717) is 43.3 Å². The molecule has 29 heavy (non-hydrogen) atoms. The van der Waals surface area contributed by atoms with Crippen molar-refractivity contribution < 1.29 is 14.1 Å². The molecule has 7 heteroatoms. The van der Waals surface area contributed by atoms with E-state index in [9.17, 15) is 4.79 Å². The first-order chi connectivity index (χ1) is 13.4. The van der Waals surface area contributed by atoms with Gasteiger partial charge in [0, 0.05) is 36.3 Å². The first-order valence-electron chi connectivity index (χ1n) is 10.8. The molecule has 0 aliphatic heterocycles. The van der Waals surface area contributed by atoms with Crippen molar-refractivity contribution in [1.82, 2.24) is 9.34 Å². The van der Waals surface area contributed by atoms with E-state index in [-0.39, 0.29) is 5.12 Å². The molecule has 0 aromatic rings. The number of rotatable bonds is 14. The Balaban J connectivity index is 4.69. The Hall–Kier alpha value is 0.0300. The molecular weight excluding hydrogens is 403 g/mol. The van der Waals surface area contributed by atoms with E-state index in [0.717, 1.165) is 17.6 Å². The van der Waals surface area contributed by atoms with Gasteiger partial charge in [0.05, 0.1) is 12.5 Å². The number of nitrogens with zero attached hydrogens (tertiary/aromatic N) is 2. The second kappa shape index (κ2) is 14.9. The van der Waals surface area contributed by atoms with Gasteiger partial charge in [-0.2, -0.15) is 0 Å². The summed E-state index contributed by atoms with van der Waals surface area (Å²) in [5.74, 6) is 0.395. The molecule has 0 atom stereocenters. The maximum absolute atomic E-state index is 12.0. The van der Waals surface area contributed by atoms with E-state index in [1.807, 2.05) is 20.8 Å². The van der Waals surface area contributed by atoms with E-state index >= 15 is 0 Å². The van der Waals surface area contributed by atoms with E-state index < -0.39 is 8.45 Å². The van der Waals surface area contributed by atoms with E-state index in [2.05, 4.69) is 64.7 Å². The largest absolute Gasteiger partial charge is 0.370 e. The number of thioether (sulfide) groups is 1. The highest BCUT2D eigenvalue weighted by Crippen LogP contribution is 2.50. The van der Waals surface area contributed by atoms with Crippen LogP contribution in [0.15, 0.2) is 11.1 Å². The van der Waals surface area contributed by atoms with Gasteiger partial charge in [-0.25, -0.2) is 9.34 Å². The minimum Gasteiger partial charge on any atom is -0.370 e. The lowest BCUT2D eigenvalue weighted by Crippen LogP contribution is -2.43. The fraction of sp³-hybridized carbons (Fsp3) is 0.864. The van der Waals surface area contributed by atoms with Crippen LogP contribution in [0.4, 0.5) is 0 Å². The van der Waals surface area contributed by atoms with E-state index in [1.54, 1.807) is 0 Å². The van der Waals surface area contributed by atoms with Crippen LogP contribution in [0.25, 0.3) is 0 Å². The third-order valence-corrected chi connectivity index (χ3v) is 8.38. The van der Waals surface area contributed by atoms with Gasteiger partial charge in [0.25, 0.3) is 0 Å². The fourth-order valence-electron chi connectivity index (χ4n) is 3.01. The highest BCUT2D eigenvalue weighted by atomic mass is 32.2. The number of hydrogen-bond acceptors (Lipinski definition) is 6. The molecule has 0 aliphatic carbocycles. The van der Waals surface area contributed by atoms with E-state index in [1.165, 1.54) is 11.8 Å². The van der Waals surface area contributed by atoms with Crippen molar-refractivity contribution in [1.29, 1.82) is 0 Å². The summed E-state index contributed by atoms with van der Waals surface area (Å²) in [5, 5.41) is 0.0961. The topological polar surface area (TPSA) is 42.0 Å². The lowest BCUT2D eigenvalue weighted by atomic mass is 10.2. The zero-order valence-corrected chi connectivity index (χ0v) is 22.3. The van der Waals surface area contributed by atoms with Crippen molar-refractivity contribution in [2.75, 3.05) is 19.2 Å². The van der Waals surface area contributed by atoms with Gasteiger partial charge in [-0.1, -0.05) is 17.3 Å². The van der Waals surface area contributed by atoms with Crippen molar-refractivity contribution in [2.24, 2.45) is 0 Å². The van der Waals surface area contributed by atoms with Crippen molar-refractivity contribution in [3.05, 3.63) is 11.1 Å². The molecule has 0 aliphatic rings. The van der Waals surface area contributed by atoms with Gasteiger partial charge < -0.3 is 9.26 Å². The predicted molar refractivity (Wildman–Crippen MR) is 129 cm³/mol. The molecule has 172 valence electrons. The fourth-order valence-corrected chi connectivity index (χ4v) is 6.12. The standard InChI is InChI=1S/C22H45N2O3PS/c1-16(2)21(11)22(25)29-15-26-13-12-14-27-28(23(17(3)4)18(5)6)24(19(7)8)20(9)10/h17-20H,12-15H2,1-11H3. The summed E-state index contributed by atoms with van der Waals surface area (Å²) in [5.41, 5.74) is 1.88. The minimum absolute atomic E-state index is 0.0961. The van der Waals surface area contributed by atoms with Crippen LogP contribution in [0.1, 0.15) is 82.6 Å². The van der Waals surface area contributed by atoms with Gasteiger partial charge in [0.1, 0.15) is 0 Å². The Bertz CT molecular complexity index is 470. The third kappa shape index (κ3) is 10.8.